The van der Waals surface area contributed by atoms with Crippen molar-refractivity contribution in [3.8, 4) is 0 Å². The predicted molar refractivity (Wildman–Crippen MR) is 20.3 cm³/mol. The van der Waals surface area contributed by atoms with Crippen molar-refractivity contribution < 1.29 is 9.45 Å². The van der Waals surface area contributed by atoms with Crippen molar-refractivity contribution in [2.45, 2.75) is 6.92 Å². The second-order valence-corrected chi connectivity index (χ2v) is 0.696. The van der Waals surface area contributed by atoms with E-state index in [1.807, 2.05) is 0 Å². The van der Waals surface area contributed by atoms with Crippen molar-refractivity contribution in [1.82, 2.24) is 0 Å². The van der Waals surface area contributed by atoms with Gasteiger partial charge in [0.1, 0.15) is 0 Å². The van der Waals surface area contributed by atoms with Gasteiger partial charge >= 0.3 is 8.05 Å². The summed E-state index contributed by atoms with van der Waals surface area (Å²) in [5.74, 6) is -0.245. The molecule has 0 spiro atoms. The third-order valence-corrected chi connectivity index (χ3v) is 0.287. The fraction of sp³-hybridized carbons (Fsp3) is 0.500. The molecule has 0 fully saturated rings. The molecule has 3 heteroatoms. The fourth-order valence-corrected chi connectivity index (χ4v) is 0. The van der Waals surface area contributed by atoms with E-state index in [9.17, 15) is 4.79 Å². The second kappa shape index (κ2) is 1.82. The van der Waals surface area contributed by atoms with Crippen molar-refractivity contribution >= 4 is 14.0 Å². The monoisotopic (exact) mass is 72.0 g/mol. The van der Waals surface area contributed by atoms with Crippen LogP contribution in [-0.2, 0) is 9.45 Å². The normalized spacial score (nSPS) is 6.60. The Balaban J connectivity index is 2.85. The van der Waals surface area contributed by atoms with E-state index in [0.29, 0.717) is 0 Å². The Bertz CT molecular complexity index is 42.9. The van der Waals surface area contributed by atoms with Crippen LogP contribution < -0.4 is 0 Å². The summed E-state index contributed by atoms with van der Waals surface area (Å²) < 4.78 is 4.11. The van der Waals surface area contributed by atoms with Gasteiger partial charge in [-0.2, -0.15) is 0 Å². The lowest BCUT2D eigenvalue weighted by Gasteiger charge is -1.82. The van der Waals surface area contributed by atoms with Crippen molar-refractivity contribution in [2.24, 2.45) is 0 Å². The molecular weight excluding hydrogens is 66.8 g/mol. The van der Waals surface area contributed by atoms with Crippen LogP contribution in [0.25, 0.3) is 0 Å². The third kappa shape index (κ3) is 3.53. The SMILES string of the molecule is BOC(C)=O. The molecule has 0 aromatic carbocycles. The van der Waals surface area contributed by atoms with E-state index >= 15 is 0 Å². The number of hydrogen-bond acceptors (Lipinski definition) is 2. The summed E-state index contributed by atoms with van der Waals surface area (Å²) in [6.45, 7) is 1.36. The zero-order chi connectivity index (χ0) is 4.28. The van der Waals surface area contributed by atoms with Crippen LogP contribution in [0.1, 0.15) is 6.92 Å². The maximum Gasteiger partial charge on any atom is 0.325 e. The van der Waals surface area contributed by atoms with Gasteiger partial charge in [0.25, 0.3) is 5.97 Å². The number of rotatable bonds is 0. The van der Waals surface area contributed by atoms with Crippen LogP contribution in [0.4, 0.5) is 0 Å². The van der Waals surface area contributed by atoms with Gasteiger partial charge in [-0.15, -0.1) is 0 Å². The molecule has 0 saturated heterocycles. The Hall–Kier alpha value is -0.465. The van der Waals surface area contributed by atoms with Gasteiger partial charge in [0.15, 0.2) is 0 Å². The number of carbonyl (C=O) groups is 1. The molecule has 0 aliphatic rings. The van der Waals surface area contributed by atoms with Gasteiger partial charge in [-0.3, -0.25) is 4.79 Å². The van der Waals surface area contributed by atoms with Gasteiger partial charge in [0.2, 0.25) is 0 Å². The first-order valence-corrected chi connectivity index (χ1v) is 1.32. The minimum atomic E-state index is -0.245. The molecule has 28 valence electrons. The molecule has 0 bridgehead atoms. The lowest BCUT2D eigenvalue weighted by Crippen LogP contribution is -1.90. The third-order valence-electron chi connectivity index (χ3n) is 0.287. The predicted octanol–water partition coefficient (Wildman–Crippen LogP) is -0.902. The summed E-state index contributed by atoms with van der Waals surface area (Å²) in [4.78, 5) is 9.59. The highest BCUT2D eigenvalue weighted by Crippen LogP contribution is 1.58. The Morgan fingerprint density at radius 1 is 2.00 bits per heavy atom. The first-order chi connectivity index (χ1) is 2.27. The molecule has 2 nitrogen and oxygen atoms in total. The van der Waals surface area contributed by atoms with E-state index in [0.717, 1.165) is 0 Å². The maximum atomic E-state index is 9.59. The Morgan fingerprint density at radius 2 is 2.20 bits per heavy atom. The summed E-state index contributed by atoms with van der Waals surface area (Å²) in [6.07, 6.45) is 0. The van der Waals surface area contributed by atoms with E-state index in [1.54, 1.807) is 0 Å². The highest BCUT2D eigenvalue weighted by Gasteiger charge is 1.75. The summed E-state index contributed by atoms with van der Waals surface area (Å²) in [5.41, 5.74) is 0. The van der Waals surface area contributed by atoms with Crippen molar-refractivity contribution in [2.75, 3.05) is 0 Å². The van der Waals surface area contributed by atoms with Crippen molar-refractivity contribution in [3.05, 3.63) is 0 Å². The molecule has 5 heavy (non-hydrogen) atoms. The van der Waals surface area contributed by atoms with Gasteiger partial charge in [-0.25, -0.2) is 0 Å². The Morgan fingerprint density at radius 3 is 2.20 bits per heavy atom. The molecule has 0 aliphatic carbocycles. The number of hydrogen-bond donors (Lipinski definition) is 0. The minimum Gasteiger partial charge on any atom is -0.544 e. The molecule has 0 aromatic rings. The molecule has 0 heterocycles. The van der Waals surface area contributed by atoms with Crippen LogP contribution in [0.5, 0.6) is 0 Å². The van der Waals surface area contributed by atoms with Crippen LogP contribution in [-0.4, -0.2) is 14.0 Å². The second-order valence-electron chi connectivity index (χ2n) is 0.696. The van der Waals surface area contributed by atoms with E-state index in [4.69, 9.17) is 0 Å². The smallest absolute Gasteiger partial charge is 0.325 e. The maximum absolute atomic E-state index is 9.59. The summed E-state index contributed by atoms with van der Waals surface area (Å²) in [6, 6.07) is 0. The van der Waals surface area contributed by atoms with E-state index in [-0.39, 0.29) is 5.97 Å². The molecule has 0 unspecified atom stereocenters. The highest BCUT2D eigenvalue weighted by atomic mass is 16.5. The minimum absolute atomic E-state index is 0.245. The Labute approximate surface area is 31.6 Å². The van der Waals surface area contributed by atoms with Gasteiger partial charge in [0.05, 0.1) is 0 Å². The fourth-order valence-electron chi connectivity index (χ4n) is 0. The van der Waals surface area contributed by atoms with E-state index in [2.05, 4.69) is 4.65 Å². The first kappa shape index (κ1) is 4.53. The molecule has 0 saturated carbocycles. The molecule has 0 radical (unpaired) electrons. The largest absolute Gasteiger partial charge is 0.544 e. The molecule has 0 amide bonds. The molecule has 0 rings (SSSR count). The standard InChI is InChI=1S/C2H5BO2/c1-2(4)5-3/h3H2,1H3. The average molecular weight is 71.9 g/mol. The zero-order valence-corrected chi connectivity index (χ0v) is 3.32. The lowest BCUT2D eigenvalue weighted by atomic mass is 10.6. The van der Waals surface area contributed by atoms with E-state index in [1.165, 1.54) is 15.0 Å². The van der Waals surface area contributed by atoms with Crippen LogP contribution in [0, 0.1) is 0 Å². The molecule has 0 atom stereocenters. The van der Waals surface area contributed by atoms with Crippen LogP contribution >= 0.6 is 0 Å². The zero-order valence-electron chi connectivity index (χ0n) is 3.32. The van der Waals surface area contributed by atoms with Crippen LogP contribution in [0.15, 0.2) is 0 Å². The molecular formula is C2H5BO2. The Kier molecular flexibility index (Phi) is 1.65. The molecule has 0 aromatic heterocycles. The summed E-state index contributed by atoms with van der Waals surface area (Å²) in [7, 11) is 1.35. The van der Waals surface area contributed by atoms with Crippen molar-refractivity contribution in [1.29, 1.82) is 0 Å². The molecule has 0 N–H and O–H groups in total. The lowest BCUT2D eigenvalue weighted by molar-refractivity contribution is -0.131. The van der Waals surface area contributed by atoms with Gasteiger partial charge in [-0.1, -0.05) is 0 Å². The number of carbonyl (C=O) groups excluding carboxylic acids is 1. The first-order valence-electron chi connectivity index (χ1n) is 1.32. The quantitative estimate of drug-likeness (QED) is 0.346. The van der Waals surface area contributed by atoms with Crippen molar-refractivity contribution in [3.63, 3.8) is 0 Å². The molecule has 0 aliphatic heterocycles. The van der Waals surface area contributed by atoms with Gasteiger partial charge in [0, 0.05) is 6.92 Å². The van der Waals surface area contributed by atoms with Crippen LogP contribution in [0.2, 0.25) is 0 Å². The van der Waals surface area contributed by atoms with Crippen LogP contribution in [0.3, 0.4) is 0 Å². The summed E-state index contributed by atoms with van der Waals surface area (Å²) >= 11 is 0. The highest BCUT2D eigenvalue weighted by molar-refractivity contribution is 6.04. The van der Waals surface area contributed by atoms with Gasteiger partial charge in [-0.05, 0) is 0 Å². The van der Waals surface area contributed by atoms with E-state index < -0.39 is 0 Å². The average Bonchev–Trinajstić information content (AvgIpc) is 1.38. The topological polar surface area (TPSA) is 26.3 Å². The summed E-state index contributed by atoms with van der Waals surface area (Å²) in [5, 5.41) is 0. The van der Waals surface area contributed by atoms with Gasteiger partial charge < -0.3 is 4.65 Å².